The van der Waals surface area contributed by atoms with E-state index >= 15 is 0 Å². The summed E-state index contributed by atoms with van der Waals surface area (Å²) in [7, 11) is 0. The Morgan fingerprint density at radius 2 is 1.86 bits per heavy atom. The number of aryl methyl sites for hydroxylation is 1. The van der Waals surface area contributed by atoms with Crippen molar-refractivity contribution in [2.45, 2.75) is 11.9 Å². The highest BCUT2D eigenvalue weighted by Crippen LogP contribution is 2.27. The number of anilines is 1. The SMILES string of the molecule is CSc1nc(-c2ccco2)nc(C)c1C(=O)N1CCN(c2ccncc2)CC1. The van der Waals surface area contributed by atoms with Gasteiger partial charge in [0.05, 0.1) is 17.5 Å². The number of carbonyl (C=O) groups excluding carboxylic acids is 1. The van der Waals surface area contributed by atoms with Gasteiger partial charge in [-0.2, -0.15) is 0 Å². The van der Waals surface area contributed by atoms with Crippen LogP contribution >= 0.6 is 11.8 Å². The number of amides is 1. The Bertz CT molecular complexity index is 954. The molecule has 0 saturated carbocycles. The number of aromatic nitrogens is 3. The molecule has 1 amide bonds. The molecule has 0 unspecified atom stereocenters. The average Bonchev–Trinajstić information content (AvgIpc) is 3.28. The molecule has 0 N–H and O–H groups in total. The normalized spacial score (nSPS) is 14.4. The summed E-state index contributed by atoms with van der Waals surface area (Å²) in [5.74, 6) is 1.09. The maximum Gasteiger partial charge on any atom is 0.258 e. The monoisotopic (exact) mass is 395 g/mol. The van der Waals surface area contributed by atoms with Gasteiger partial charge < -0.3 is 14.2 Å². The maximum atomic E-state index is 13.2. The fourth-order valence-corrected chi connectivity index (χ4v) is 3.95. The van der Waals surface area contributed by atoms with E-state index < -0.39 is 0 Å². The number of furan rings is 1. The fourth-order valence-electron chi connectivity index (χ4n) is 3.34. The summed E-state index contributed by atoms with van der Waals surface area (Å²) in [6.07, 6.45) is 7.09. The van der Waals surface area contributed by atoms with E-state index in [0.717, 1.165) is 18.8 Å². The van der Waals surface area contributed by atoms with Gasteiger partial charge in [0.25, 0.3) is 5.91 Å². The summed E-state index contributed by atoms with van der Waals surface area (Å²) in [5, 5.41) is 0.681. The predicted octanol–water partition coefficient (Wildman–Crippen LogP) is 3.12. The van der Waals surface area contributed by atoms with Crippen LogP contribution in [-0.2, 0) is 0 Å². The Balaban J connectivity index is 1.54. The van der Waals surface area contributed by atoms with Crippen LogP contribution in [0.25, 0.3) is 11.6 Å². The molecule has 3 aromatic heterocycles. The van der Waals surface area contributed by atoms with Gasteiger partial charge in [0, 0.05) is 44.3 Å². The van der Waals surface area contributed by atoms with Crippen LogP contribution < -0.4 is 4.90 Å². The van der Waals surface area contributed by atoms with E-state index in [1.54, 1.807) is 24.7 Å². The molecule has 0 atom stereocenters. The molecule has 0 aromatic carbocycles. The van der Waals surface area contributed by atoms with Crippen LogP contribution in [0.2, 0.25) is 0 Å². The lowest BCUT2D eigenvalue weighted by atomic mass is 10.2. The number of thioether (sulfide) groups is 1. The Labute approximate surface area is 167 Å². The molecular weight excluding hydrogens is 374 g/mol. The molecule has 4 rings (SSSR count). The van der Waals surface area contributed by atoms with Gasteiger partial charge in [0.1, 0.15) is 5.03 Å². The minimum absolute atomic E-state index is 0.0118. The summed E-state index contributed by atoms with van der Waals surface area (Å²) in [4.78, 5) is 30.5. The van der Waals surface area contributed by atoms with Gasteiger partial charge in [0.15, 0.2) is 11.6 Å². The van der Waals surface area contributed by atoms with Crippen molar-refractivity contribution >= 4 is 23.4 Å². The van der Waals surface area contributed by atoms with E-state index in [-0.39, 0.29) is 5.91 Å². The quantitative estimate of drug-likeness (QED) is 0.496. The minimum atomic E-state index is -0.0118. The summed E-state index contributed by atoms with van der Waals surface area (Å²) >= 11 is 1.45. The highest BCUT2D eigenvalue weighted by atomic mass is 32.2. The van der Waals surface area contributed by atoms with Gasteiger partial charge in [-0.25, -0.2) is 9.97 Å². The summed E-state index contributed by atoms with van der Waals surface area (Å²) in [6.45, 7) is 4.75. The number of carbonyl (C=O) groups is 1. The maximum absolute atomic E-state index is 13.2. The third-order valence-corrected chi connectivity index (χ3v) is 5.48. The number of rotatable bonds is 4. The zero-order valence-electron chi connectivity index (χ0n) is 15.8. The Hall–Kier alpha value is -2.87. The third kappa shape index (κ3) is 3.60. The van der Waals surface area contributed by atoms with E-state index in [0.29, 0.717) is 41.0 Å². The van der Waals surface area contributed by atoms with Crippen molar-refractivity contribution in [3.05, 3.63) is 54.2 Å². The van der Waals surface area contributed by atoms with Crippen molar-refractivity contribution < 1.29 is 9.21 Å². The van der Waals surface area contributed by atoms with Crippen LogP contribution in [0.5, 0.6) is 0 Å². The average molecular weight is 395 g/mol. The van der Waals surface area contributed by atoms with E-state index in [2.05, 4.69) is 19.9 Å². The molecular formula is C20H21N5O2S. The molecule has 3 aromatic rings. The number of hydrogen-bond donors (Lipinski definition) is 0. The second kappa shape index (κ2) is 8.02. The first kappa shape index (κ1) is 18.5. The molecule has 7 nitrogen and oxygen atoms in total. The highest BCUT2D eigenvalue weighted by Gasteiger charge is 2.27. The van der Waals surface area contributed by atoms with E-state index in [1.807, 2.05) is 36.3 Å². The van der Waals surface area contributed by atoms with Crippen molar-refractivity contribution in [2.24, 2.45) is 0 Å². The molecule has 0 radical (unpaired) electrons. The molecule has 0 bridgehead atoms. The van der Waals surface area contributed by atoms with Crippen LogP contribution in [0.4, 0.5) is 5.69 Å². The van der Waals surface area contributed by atoms with Crippen LogP contribution in [0.15, 0.2) is 52.4 Å². The van der Waals surface area contributed by atoms with Gasteiger partial charge >= 0.3 is 0 Å². The van der Waals surface area contributed by atoms with Crippen LogP contribution in [0, 0.1) is 6.92 Å². The Morgan fingerprint density at radius 1 is 1.11 bits per heavy atom. The van der Waals surface area contributed by atoms with Crippen molar-refractivity contribution in [3.8, 4) is 11.6 Å². The summed E-state index contributed by atoms with van der Waals surface area (Å²) in [6, 6.07) is 7.61. The molecule has 1 aliphatic heterocycles. The summed E-state index contributed by atoms with van der Waals surface area (Å²) < 4.78 is 5.40. The van der Waals surface area contributed by atoms with Crippen LogP contribution in [0.1, 0.15) is 16.1 Å². The van der Waals surface area contributed by atoms with Crippen LogP contribution in [0.3, 0.4) is 0 Å². The fraction of sp³-hybridized carbons (Fsp3) is 0.300. The highest BCUT2D eigenvalue weighted by molar-refractivity contribution is 7.98. The van der Waals surface area contributed by atoms with Gasteiger partial charge in [-0.15, -0.1) is 11.8 Å². The topological polar surface area (TPSA) is 75.4 Å². The van der Waals surface area contributed by atoms with Crippen LogP contribution in [-0.4, -0.2) is 58.2 Å². The molecule has 144 valence electrons. The zero-order valence-corrected chi connectivity index (χ0v) is 16.6. The number of piperazine rings is 1. The van der Waals surface area contributed by atoms with Crippen molar-refractivity contribution in [1.29, 1.82) is 0 Å². The van der Waals surface area contributed by atoms with Gasteiger partial charge in [-0.05, 0) is 37.4 Å². The first-order chi connectivity index (χ1) is 13.7. The van der Waals surface area contributed by atoms with Crippen molar-refractivity contribution in [3.63, 3.8) is 0 Å². The van der Waals surface area contributed by atoms with E-state index in [1.165, 1.54) is 11.8 Å². The lowest BCUT2D eigenvalue weighted by molar-refractivity contribution is 0.0741. The molecule has 1 fully saturated rings. The Morgan fingerprint density at radius 3 is 2.50 bits per heavy atom. The van der Waals surface area contributed by atoms with E-state index in [9.17, 15) is 4.79 Å². The molecule has 1 saturated heterocycles. The number of nitrogens with zero attached hydrogens (tertiary/aromatic N) is 5. The molecule has 1 aliphatic rings. The lowest BCUT2D eigenvalue weighted by Crippen LogP contribution is -2.49. The standard InChI is InChI=1S/C20H21N5O2S/c1-14-17(19(28-2)23-18(22-14)16-4-3-13-27-16)20(26)25-11-9-24(10-12-25)15-5-7-21-8-6-15/h3-8,13H,9-12H2,1-2H3. The van der Waals surface area contributed by atoms with Gasteiger partial charge in [-0.1, -0.05) is 0 Å². The summed E-state index contributed by atoms with van der Waals surface area (Å²) in [5.41, 5.74) is 2.39. The third-order valence-electron chi connectivity index (χ3n) is 4.80. The van der Waals surface area contributed by atoms with Gasteiger partial charge in [0.2, 0.25) is 0 Å². The largest absolute Gasteiger partial charge is 0.461 e. The molecule has 28 heavy (non-hydrogen) atoms. The smallest absolute Gasteiger partial charge is 0.258 e. The number of pyridine rings is 1. The van der Waals surface area contributed by atoms with Gasteiger partial charge in [-0.3, -0.25) is 9.78 Å². The first-order valence-corrected chi connectivity index (χ1v) is 10.3. The first-order valence-electron chi connectivity index (χ1n) is 9.08. The minimum Gasteiger partial charge on any atom is -0.461 e. The number of hydrogen-bond acceptors (Lipinski definition) is 7. The van der Waals surface area contributed by atoms with Crippen molar-refractivity contribution in [2.75, 3.05) is 37.3 Å². The molecule has 0 spiro atoms. The molecule has 4 heterocycles. The predicted molar refractivity (Wildman–Crippen MR) is 109 cm³/mol. The second-order valence-corrected chi connectivity index (χ2v) is 7.27. The van der Waals surface area contributed by atoms with E-state index in [4.69, 9.17) is 4.42 Å². The lowest BCUT2D eigenvalue weighted by Gasteiger charge is -2.36. The van der Waals surface area contributed by atoms with Crippen molar-refractivity contribution in [1.82, 2.24) is 19.9 Å². The second-order valence-electron chi connectivity index (χ2n) is 6.48. The molecule has 0 aliphatic carbocycles. The Kier molecular flexibility index (Phi) is 5.29. The molecule has 8 heteroatoms. The zero-order chi connectivity index (χ0) is 19.5.